The molecule has 0 aliphatic rings. The molecule has 17 heavy (non-hydrogen) atoms. The maximum absolute atomic E-state index is 12.1. The molecule has 0 aliphatic heterocycles. The average Bonchev–Trinajstić information content (AvgIpc) is 2.82. The van der Waals surface area contributed by atoms with Gasteiger partial charge in [-0.25, -0.2) is 5.84 Å². The highest BCUT2D eigenvalue weighted by molar-refractivity contribution is 7.13. The summed E-state index contributed by atoms with van der Waals surface area (Å²) < 4.78 is 4.64. The van der Waals surface area contributed by atoms with E-state index in [0.29, 0.717) is 12.1 Å². The van der Waals surface area contributed by atoms with Crippen molar-refractivity contribution < 1.29 is 4.79 Å². The number of nitrogens with two attached hydrogens (primary N) is 1. The van der Waals surface area contributed by atoms with Crippen LogP contribution >= 0.6 is 11.5 Å². The molecule has 5 nitrogen and oxygen atoms in total. The standard InChI is InChI=1S/C11H14N4OS/c1-2-3-7-15(12)11(16)8-5-4-6-9-10(8)17-14-13-9/h4-6H,2-3,7,12H2,1H3. The molecule has 2 N–H and O–H groups in total. The van der Waals surface area contributed by atoms with Gasteiger partial charge in [0, 0.05) is 6.54 Å². The van der Waals surface area contributed by atoms with Gasteiger partial charge in [0.05, 0.1) is 10.3 Å². The predicted octanol–water partition coefficient (Wildman–Crippen LogP) is 1.81. The molecule has 0 atom stereocenters. The number of fused-ring (bicyclic) bond motifs is 1. The maximum atomic E-state index is 12.1. The summed E-state index contributed by atoms with van der Waals surface area (Å²) in [7, 11) is 0. The van der Waals surface area contributed by atoms with Crippen LogP contribution in [0.25, 0.3) is 10.2 Å². The fraction of sp³-hybridized carbons (Fsp3) is 0.364. The maximum Gasteiger partial charge on any atom is 0.269 e. The molecule has 1 amide bonds. The lowest BCUT2D eigenvalue weighted by molar-refractivity contribution is 0.0755. The second kappa shape index (κ2) is 5.20. The number of hydrogen-bond donors (Lipinski definition) is 1. The van der Waals surface area contributed by atoms with Crippen molar-refractivity contribution in [3.8, 4) is 0 Å². The Morgan fingerprint density at radius 1 is 1.53 bits per heavy atom. The topological polar surface area (TPSA) is 72.1 Å². The summed E-state index contributed by atoms with van der Waals surface area (Å²) in [6.45, 7) is 2.63. The second-order valence-electron chi connectivity index (χ2n) is 3.78. The van der Waals surface area contributed by atoms with Crippen LogP contribution in [0.4, 0.5) is 0 Å². The summed E-state index contributed by atoms with van der Waals surface area (Å²) >= 11 is 1.22. The Kier molecular flexibility index (Phi) is 3.65. The second-order valence-corrected chi connectivity index (χ2v) is 4.53. The predicted molar refractivity (Wildman–Crippen MR) is 67.5 cm³/mol. The van der Waals surface area contributed by atoms with Crippen LogP contribution in [0.15, 0.2) is 18.2 Å². The Bertz CT molecular complexity index is 525. The average molecular weight is 250 g/mol. The third-order valence-electron chi connectivity index (χ3n) is 2.52. The molecule has 2 aromatic rings. The summed E-state index contributed by atoms with van der Waals surface area (Å²) in [5.41, 5.74) is 1.32. The largest absolute Gasteiger partial charge is 0.277 e. The van der Waals surface area contributed by atoms with E-state index in [1.807, 2.05) is 6.07 Å². The van der Waals surface area contributed by atoms with Gasteiger partial charge in [-0.2, -0.15) is 0 Å². The molecule has 0 fully saturated rings. The van der Waals surface area contributed by atoms with Crippen LogP contribution in [-0.2, 0) is 0 Å². The number of hydrogen-bond acceptors (Lipinski definition) is 5. The van der Waals surface area contributed by atoms with E-state index in [2.05, 4.69) is 16.5 Å². The van der Waals surface area contributed by atoms with Crippen molar-refractivity contribution in [2.75, 3.05) is 6.54 Å². The van der Waals surface area contributed by atoms with Crippen LogP contribution < -0.4 is 5.84 Å². The number of aromatic nitrogens is 2. The Labute approximate surface area is 103 Å². The summed E-state index contributed by atoms with van der Waals surface area (Å²) in [5.74, 6) is 5.57. The van der Waals surface area contributed by atoms with Crippen LogP contribution in [0.3, 0.4) is 0 Å². The van der Waals surface area contributed by atoms with Gasteiger partial charge in [-0.15, -0.1) is 5.10 Å². The molecular weight excluding hydrogens is 236 g/mol. The van der Waals surface area contributed by atoms with E-state index in [9.17, 15) is 4.79 Å². The number of hydrazine groups is 1. The monoisotopic (exact) mass is 250 g/mol. The molecule has 0 spiro atoms. The van der Waals surface area contributed by atoms with E-state index >= 15 is 0 Å². The van der Waals surface area contributed by atoms with Crippen LogP contribution in [-0.4, -0.2) is 27.0 Å². The number of amides is 1. The van der Waals surface area contributed by atoms with Crippen LogP contribution in [0.5, 0.6) is 0 Å². The van der Waals surface area contributed by atoms with Crippen LogP contribution in [0.1, 0.15) is 30.1 Å². The molecule has 1 aromatic carbocycles. The lowest BCUT2D eigenvalue weighted by Gasteiger charge is -2.16. The summed E-state index contributed by atoms with van der Waals surface area (Å²) in [6.07, 6.45) is 1.91. The van der Waals surface area contributed by atoms with E-state index in [-0.39, 0.29) is 5.91 Å². The minimum absolute atomic E-state index is 0.171. The van der Waals surface area contributed by atoms with Crippen molar-refractivity contribution in [1.29, 1.82) is 0 Å². The number of benzene rings is 1. The first-order valence-corrected chi connectivity index (χ1v) is 6.29. The zero-order valence-electron chi connectivity index (χ0n) is 9.59. The van der Waals surface area contributed by atoms with Crippen molar-refractivity contribution in [3.63, 3.8) is 0 Å². The van der Waals surface area contributed by atoms with Gasteiger partial charge >= 0.3 is 0 Å². The Balaban J connectivity index is 2.27. The molecule has 0 aliphatic carbocycles. The number of carbonyl (C=O) groups is 1. The fourth-order valence-corrected chi connectivity index (χ4v) is 2.22. The van der Waals surface area contributed by atoms with Gasteiger partial charge in [-0.1, -0.05) is 23.9 Å². The van der Waals surface area contributed by atoms with Crippen LogP contribution in [0.2, 0.25) is 0 Å². The van der Waals surface area contributed by atoms with Crippen molar-refractivity contribution in [3.05, 3.63) is 23.8 Å². The van der Waals surface area contributed by atoms with Gasteiger partial charge in [0.2, 0.25) is 0 Å². The van der Waals surface area contributed by atoms with Gasteiger partial charge in [0.1, 0.15) is 5.52 Å². The zero-order chi connectivity index (χ0) is 12.3. The minimum atomic E-state index is -0.171. The number of unbranched alkanes of at least 4 members (excludes halogenated alkanes) is 1. The van der Waals surface area contributed by atoms with Crippen molar-refractivity contribution >= 4 is 27.7 Å². The normalized spacial score (nSPS) is 10.7. The van der Waals surface area contributed by atoms with Crippen molar-refractivity contribution in [1.82, 2.24) is 14.6 Å². The summed E-state index contributed by atoms with van der Waals surface area (Å²) in [6, 6.07) is 5.39. The lowest BCUT2D eigenvalue weighted by Crippen LogP contribution is -2.38. The first-order valence-electron chi connectivity index (χ1n) is 5.51. The highest BCUT2D eigenvalue weighted by Crippen LogP contribution is 2.21. The van der Waals surface area contributed by atoms with E-state index in [4.69, 9.17) is 5.84 Å². The lowest BCUT2D eigenvalue weighted by atomic mass is 10.2. The molecule has 6 heteroatoms. The molecule has 0 bridgehead atoms. The van der Waals surface area contributed by atoms with Crippen molar-refractivity contribution in [2.45, 2.75) is 19.8 Å². The summed E-state index contributed by atoms with van der Waals surface area (Å²) in [4.78, 5) is 12.1. The molecule has 2 rings (SSSR count). The third-order valence-corrected chi connectivity index (χ3v) is 3.29. The number of rotatable bonds is 4. The molecule has 90 valence electrons. The van der Waals surface area contributed by atoms with Gasteiger partial charge < -0.3 is 0 Å². The Morgan fingerprint density at radius 2 is 2.35 bits per heavy atom. The zero-order valence-corrected chi connectivity index (χ0v) is 10.4. The van der Waals surface area contributed by atoms with E-state index in [1.165, 1.54) is 16.5 Å². The van der Waals surface area contributed by atoms with Gasteiger partial charge in [-0.05, 0) is 30.1 Å². The van der Waals surface area contributed by atoms with E-state index < -0.39 is 0 Å². The molecular formula is C11H14N4OS. The van der Waals surface area contributed by atoms with Gasteiger partial charge in [0.25, 0.3) is 5.91 Å². The van der Waals surface area contributed by atoms with Gasteiger partial charge in [0.15, 0.2) is 0 Å². The SMILES string of the molecule is CCCCN(N)C(=O)c1cccc2nnsc12. The molecule has 1 aromatic heterocycles. The van der Waals surface area contributed by atoms with E-state index in [0.717, 1.165) is 23.1 Å². The minimum Gasteiger partial charge on any atom is -0.277 e. The first kappa shape index (κ1) is 11.9. The highest BCUT2D eigenvalue weighted by Gasteiger charge is 2.16. The quantitative estimate of drug-likeness (QED) is 0.510. The fourth-order valence-electron chi connectivity index (χ4n) is 1.56. The van der Waals surface area contributed by atoms with Gasteiger partial charge in [-0.3, -0.25) is 9.80 Å². The van der Waals surface area contributed by atoms with Crippen molar-refractivity contribution in [2.24, 2.45) is 5.84 Å². The Morgan fingerprint density at radius 3 is 3.12 bits per heavy atom. The third kappa shape index (κ3) is 2.42. The smallest absolute Gasteiger partial charge is 0.269 e. The molecule has 1 heterocycles. The van der Waals surface area contributed by atoms with Crippen LogP contribution in [0, 0.1) is 0 Å². The molecule has 0 unspecified atom stereocenters. The molecule has 0 radical (unpaired) electrons. The number of nitrogens with zero attached hydrogens (tertiary/aromatic N) is 3. The molecule has 0 saturated heterocycles. The molecule has 0 saturated carbocycles. The number of carbonyl (C=O) groups excluding carboxylic acids is 1. The van der Waals surface area contributed by atoms with E-state index in [1.54, 1.807) is 12.1 Å². The first-order chi connectivity index (χ1) is 8.24. The highest BCUT2D eigenvalue weighted by atomic mass is 32.1. The Hall–Kier alpha value is -1.53. The summed E-state index contributed by atoms with van der Waals surface area (Å²) in [5, 5.41) is 5.20.